The van der Waals surface area contributed by atoms with Crippen LogP contribution in [0.2, 0.25) is 0 Å². The molecule has 6 nitrogen and oxygen atoms in total. The fourth-order valence-corrected chi connectivity index (χ4v) is 2.43. The molecule has 1 aromatic heterocycles. The number of carbonyl (C=O) groups excluding carboxylic acids is 1. The second kappa shape index (κ2) is 7.11. The van der Waals surface area contributed by atoms with Crippen LogP contribution in [-0.4, -0.2) is 16.8 Å². The van der Waals surface area contributed by atoms with Crippen molar-refractivity contribution < 1.29 is 4.79 Å². The molecule has 0 radical (unpaired) electrons. The number of hydrogen-bond acceptors (Lipinski definition) is 3. The summed E-state index contributed by atoms with van der Waals surface area (Å²) < 4.78 is 1.85. The molecule has 0 aliphatic heterocycles. The minimum atomic E-state index is -0.418. The summed E-state index contributed by atoms with van der Waals surface area (Å²) in [4.78, 5) is 11.8. The molecule has 2 N–H and O–H groups in total. The fraction of sp³-hybridized carbons (Fsp3) is 0.0556. The van der Waals surface area contributed by atoms with Gasteiger partial charge >= 0.3 is 6.03 Å². The molecule has 0 spiro atoms. The average Bonchev–Trinajstić information content (AvgIpc) is 2.94. The van der Waals surface area contributed by atoms with Crippen molar-refractivity contribution in [3.63, 3.8) is 0 Å². The molecule has 6 heteroatoms. The van der Waals surface area contributed by atoms with Gasteiger partial charge in [0.05, 0.1) is 12.3 Å². The Balaban J connectivity index is 1.72. The zero-order valence-corrected chi connectivity index (χ0v) is 12.8. The first kappa shape index (κ1) is 15.3. The maximum absolute atomic E-state index is 11.8. The molecule has 3 aromatic rings. The molecule has 0 aliphatic rings. The minimum absolute atomic E-state index is 0.260. The van der Waals surface area contributed by atoms with Crippen LogP contribution in [0.15, 0.2) is 65.9 Å². The lowest BCUT2D eigenvalue weighted by Crippen LogP contribution is -2.24. The predicted molar refractivity (Wildman–Crippen MR) is 93.7 cm³/mol. The number of aromatic nitrogens is 1. The number of fused-ring (bicyclic) bond motifs is 1. The van der Waals surface area contributed by atoms with E-state index in [0.29, 0.717) is 5.69 Å². The molecule has 0 fully saturated rings. The molecule has 1 heterocycles. The average molecular weight is 317 g/mol. The number of nitrogens with zero attached hydrogens (tertiary/aromatic N) is 3. The molecular weight excluding hydrogens is 302 g/mol. The van der Waals surface area contributed by atoms with E-state index in [1.54, 1.807) is 18.3 Å². The van der Waals surface area contributed by atoms with Gasteiger partial charge in [-0.15, -0.1) is 0 Å². The molecule has 2 amide bonds. The molecule has 0 aliphatic carbocycles. The van der Waals surface area contributed by atoms with Gasteiger partial charge in [-0.2, -0.15) is 10.4 Å². The number of anilines is 1. The van der Waals surface area contributed by atoms with Gasteiger partial charge in [0.15, 0.2) is 0 Å². The number of benzene rings is 2. The summed E-state index contributed by atoms with van der Waals surface area (Å²) in [5.74, 6) is 0. The Morgan fingerprint density at radius 1 is 1.17 bits per heavy atom. The van der Waals surface area contributed by atoms with Gasteiger partial charge in [0.2, 0.25) is 0 Å². The number of nitrogens with one attached hydrogen (secondary N) is 2. The van der Waals surface area contributed by atoms with Crippen molar-refractivity contribution >= 4 is 28.8 Å². The largest absolute Gasteiger partial charge is 0.339 e. The highest BCUT2D eigenvalue weighted by molar-refractivity contribution is 6.00. The Hall–Kier alpha value is -3.59. The lowest BCUT2D eigenvalue weighted by atomic mass is 10.2. The first-order valence-corrected chi connectivity index (χ1v) is 7.38. The Bertz CT molecular complexity index is 921. The van der Waals surface area contributed by atoms with E-state index in [0.717, 1.165) is 16.5 Å². The smallest absolute Gasteiger partial charge is 0.333 e. The summed E-state index contributed by atoms with van der Waals surface area (Å²) in [5, 5.41) is 16.5. The Morgan fingerprint density at radius 3 is 2.71 bits per heavy atom. The van der Waals surface area contributed by atoms with Crippen LogP contribution >= 0.6 is 0 Å². The van der Waals surface area contributed by atoms with Crippen LogP contribution in [0.5, 0.6) is 0 Å². The van der Waals surface area contributed by atoms with Gasteiger partial charge in [-0.1, -0.05) is 36.4 Å². The lowest BCUT2D eigenvalue weighted by molar-refractivity contribution is 0.252. The van der Waals surface area contributed by atoms with Gasteiger partial charge in [0.1, 0.15) is 6.54 Å². The van der Waals surface area contributed by atoms with Crippen LogP contribution in [0.1, 0.15) is 5.56 Å². The van der Waals surface area contributed by atoms with Gasteiger partial charge in [0, 0.05) is 28.4 Å². The third-order valence-corrected chi connectivity index (χ3v) is 3.46. The number of para-hydroxylation sites is 2. The summed E-state index contributed by atoms with van der Waals surface area (Å²) >= 11 is 0. The van der Waals surface area contributed by atoms with Crippen molar-refractivity contribution in [2.24, 2.45) is 5.10 Å². The zero-order chi connectivity index (χ0) is 16.8. The summed E-state index contributed by atoms with van der Waals surface area (Å²) in [6.45, 7) is 0.260. The first-order valence-electron chi connectivity index (χ1n) is 7.38. The normalized spacial score (nSPS) is 10.6. The van der Waals surface area contributed by atoms with Crippen molar-refractivity contribution in [3.05, 3.63) is 66.4 Å². The zero-order valence-electron chi connectivity index (χ0n) is 12.8. The number of carbonyl (C=O) groups is 1. The van der Waals surface area contributed by atoms with E-state index in [9.17, 15) is 4.79 Å². The molecule has 3 rings (SSSR count). The summed E-state index contributed by atoms with van der Waals surface area (Å²) in [7, 11) is 0. The third-order valence-electron chi connectivity index (χ3n) is 3.46. The standard InChI is InChI=1S/C18H15N5O/c19-10-11-23-13-14(16-8-4-5-9-17(16)23)12-20-22-18(24)21-15-6-2-1-3-7-15/h1-9,12-13H,11H2,(H2,21,22,24)/b20-12+. The molecular formula is C18H15N5O. The first-order chi connectivity index (χ1) is 11.8. The van der Waals surface area contributed by atoms with Crippen molar-refractivity contribution in [1.82, 2.24) is 9.99 Å². The van der Waals surface area contributed by atoms with Crippen LogP contribution in [0.4, 0.5) is 10.5 Å². The van der Waals surface area contributed by atoms with E-state index < -0.39 is 6.03 Å². The summed E-state index contributed by atoms with van der Waals surface area (Å²) in [6, 6.07) is 18.6. The van der Waals surface area contributed by atoms with Gasteiger partial charge in [0.25, 0.3) is 0 Å². The number of urea groups is 1. The summed E-state index contributed by atoms with van der Waals surface area (Å²) in [6.07, 6.45) is 3.41. The lowest BCUT2D eigenvalue weighted by Gasteiger charge is -2.02. The summed E-state index contributed by atoms with van der Waals surface area (Å²) in [5.41, 5.74) is 4.91. The topological polar surface area (TPSA) is 82.2 Å². The van der Waals surface area contributed by atoms with Crippen molar-refractivity contribution in [2.75, 3.05) is 5.32 Å². The van der Waals surface area contributed by atoms with Crippen LogP contribution in [0, 0.1) is 11.3 Å². The van der Waals surface area contributed by atoms with Crippen molar-refractivity contribution in [1.29, 1.82) is 5.26 Å². The molecule has 24 heavy (non-hydrogen) atoms. The van der Waals surface area contributed by atoms with E-state index in [1.165, 1.54) is 0 Å². The maximum Gasteiger partial charge on any atom is 0.339 e. The van der Waals surface area contributed by atoms with Crippen LogP contribution < -0.4 is 10.7 Å². The maximum atomic E-state index is 11.8. The molecule has 118 valence electrons. The Kier molecular flexibility index (Phi) is 4.54. The molecule has 0 saturated heterocycles. The van der Waals surface area contributed by atoms with Crippen molar-refractivity contribution in [2.45, 2.75) is 6.54 Å². The van der Waals surface area contributed by atoms with Crippen LogP contribution in [0.3, 0.4) is 0 Å². The van der Waals surface area contributed by atoms with Crippen LogP contribution in [0.25, 0.3) is 10.9 Å². The van der Waals surface area contributed by atoms with E-state index in [2.05, 4.69) is 21.9 Å². The fourth-order valence-electron chi connectivity index (χ4n) is 2.43. The number of hydrogen-bond donors (Lipinski definition) is 2. The van der Waals surface area contributed by atoms with E-state index >= 15 is 0 Å². The van der Waals surface area contributed by atoms with Crippen LogP contribution in [-0.2, 0) is 6.54 Å². The van der Waals surface area contributed by atoms with Gasteiger partial charge in [-0.3, -0.25) is 0 Å². The molecule has 2 aromatic carbocycles. The SMILES string of the molecule is N#CCn1cc(/C=N/NC(=O)Nc2ccccc2)c2ccccc21. The van der Waals surface area contributed by atoms with Crippen molar-refractivity contribution in [3.8, 4) is 6.07 Å². The molecule has 0 bridgehead atoms. The highest BCUT2D eigenvalue weighted by atomic mass is 16.2. The van der Waals surface area contributed by atoms with E-state index in [4.69, 9.17) is 5.26 Å². The van der Waals surface area contributed by atoms with Gasteiger partial charge in [-0.05, 0) is 18.2 Å². The molecule has 0 saturated carbocycles. The highest BCUT2D eigenvalue weighted by Gasteiger charge is 2.06. The number of nitriles is 1. The third kappa shape index (κ3) is 3.42. The Morgan fingerprint density at radius 2 is 1.92 bits per heavy atom. The second-order valence-corrected chi connectivity index (χ2v) is 5.08. The number of amides is 2. The predicted octanol–water partition coefficient (Wildman–Crippen LogP) is 3.32. The molecule has 0 atom stereocenters. The van der Waals surface area contributed by atoms with E-state index in [1.807, 2.05) is 53.2 Å². The van der Waals surface area contributed by atoms with Gasteiger partial charge in [-0.25, -0.2) is 10.2 Å². The second-order valence-electron chi connectivity index (χ2n) is 5.08. The number of hydrazone groups is 1. The van der Waals surface area contributed by atoms with E-state index in [-0.39, 0.29) is 6.54 Å². The molecule has 0 unspecified atom stereocenters. The quantitative estimate of drug-likeness (QED) is 0.571. The minimum Gasteiger partial charge on any atom is -0.333 e. The van der Waals surface area contributed by atoms with Gasteiger partial charge < -0.3 is 9.88 Å². The highest BCUT2D eigenvalue weighted by Crippen LogP contribution is 2.19. The monoisotopic (exact) mass is 317 g/mol. The number of rotatable bonds is 4. The Labute approximate surface area is 139 Å².